The van der Waals surface area contributed by atoms with E-state index in [0.717, 1.165) is 0 Å². The van der Waals surface area contributed by atoms with Gasteiger partial charge in [-0.3, -0.25) is 0 Å². The fraction of sp³-hybridized carbons (Fsp3) is 1.00. The van der Waals surface area contributed by atoms with E-state index in [9.17, 15) is 13.5 Å². The summed E-state index contributed by atoms with van der Waals surface area (Å²) in [6.45, 7) is 3.98. The Kier molecular flexibility index (Phi) is 5.85. The maximum atomic E-state index is 11.7. The summed E-state index contributed by atoms with van der Waals surface area (Å²) < 4.78 is 31.3. The molecule has 0 aromatic carbocycles. The Morgan fingerprint density at radius 1 is 1.29 bits per heavy atom. The van der Waals surface area contributed by atoms with E-state index < -0.39 is 10.0 Å². The number of aliphatic hydroxyl groups is 1. The molecule has 17 heavy (non-hydrogen) atoms. The third kappa shape index (κ3) is 6.35. The van der Waals surface area contributed by atoms with E-state index in [1.165, 1.54) is 0 Å². The molecule has 0 bridgehead atoms. The number of hydrogen-bond acceptors (Lipinski definition) is 4. The summed E-state index contributed by atoms with van der Waals surface area (Å²) in [5.74, 6) is 0.00420. The van der Waals surface area contributed by atoms with Gasteiger partial charge in [0.2, 0.25) is 10.0 Å². The van der Waals surface area contributed by atoms with Crippen molar-refractivity contribution in [2.45, 2.75) is 57.8 Å². The van der Waals surface area contributed by atoms with Gasteiger partial charge in [-0.1, -0.05) is 0 Å². The lowest BCUT2D eigenvalue weighted by molar-refractivity contribution is 0.0909. The van der Waals surface area contributed by atoms with Gasteiger partial charge in [0.25, 0.3) is 0 Å². The minimum atomic E-state index is -3.25. The summed E-state index contributed by atoms with van der Waals surface area (Å²) in [4.78, 5) is 0. The molecule has 0 aliphatic heterocycles. The molecule has 0 aromatic heterocycles. The van der Waals surface area contributed by atoms with Crippen LogP contribution in [0.5, 0.6) is 0 Å². The highest BCUT2D eigenvalue weighted by molar-refractivity contribution is 7.89. The Labute approximate surface area is 104 Å². The molecule has 6 heteroatoms. The Balaban J connectivity index is 2.28. The summed E-state index contributed by atoms with van der Waals surface area (Å²) in [6, 6.07) is -0.0255. The first-order valence-corrected chi connectivity index (χ1v) is 7.84. The topological polar surface area (TPSA) is 75.6 Å². The molecule has 0 radical (unpaired) electrons. The second-order valence-electron chi connectivity index (χ2n) is 4.86. The van der Waals surface area contributed by atoms with Crippen LogP contribution in [0, 0.1) is 0 Å². The minimum absolute atomic E-state index is 0.00420. The van der Waals surface area contributed by atoms with E-state index in [0.29, 0.717) is 25.7 Å². The predicted octanol–water partition coefficient (Wildman–Crippen LogP) is 0.634. The molecular formula is C11H23NO4S. The molecule has 1 aliphatic rings. The van der Waals surface area contributed by atoms with Crippen LogP contribution in [0.3, 0.4) is 0 Å². The first kappa shape index (κ1) is 14.9. The van der Waals surface area contributed by atoms with Crippen LogP contribution in [-0.2, 0) is 14.8 Å². The lowest BCUT2D eigenvalue weighted by Crippen LogP contribution is -2.40. The zero-order valence-corrected chi connectivity index (χ0v) is 11.4. The second-order valence-corrected chi connectivity index (χ2v) is 6.74. The van der Waals surface area contributed by atoms with Gasteiger partial charge < -0.3 is 9.84 Å². The highest BCUT2D eigenvalue weighted by Gasteiger charge is 2.23. The van der Waals surface area contributed by atoms with Crippen molar-refractivity contribution in [2.24, 2.45) is 0 Å². The maximum absolute atomic E-state index is 11.7. The van der Waals surface area contributed by atoms with Crippen LogP contribution in [-0.4, -0.2) is 44.1 Å². The van der Waals surface area contributed by atoms with Crippen molar-refractivity contribution in [1.29, 1.82) is 0 Å². The minimum Gasteiger partial charge on any atom is -0.393 e. The van der Waals surface area contributed by atoms with Gasteiger partial charge in [0.15, 0.2) is 0 Å². The molecule has 0 heterocycles. The van der Waals surface area contributed by atoms with Gasteiger partial charge in [0, 0.05) is 6.04 Å². The van der Waals surface area contributed by atoms with Crippen LogP contribution in [0.4, 0.5) is 0 Å². The summed E-state index contributed by atoms with van der Waals surface area (Å²) >= 11 is 0. The fourth-order valence-corrected chi connectivity index (χ4v) is 3.08. The molecule has 0 unspecified atom stereocenters. The lowest BCUT2D eigenvalue weighted by Gasteiger charge is -2.26. The summed E-state index contributed by atoms with van der Waals surface area (Å²) in [7, 11) is -3.25. The van der Waals surface area contributed by atoms with E-state index in [4.69, 9.17) is 4.74 Å². The van der Waals surface area contributed by atoms with Gasteiger partial charge in [0.05, 0.1) is 24.6 Å². The van der Waals surface area contributed by atoms with E-state index in [1.807, 2.05) is 13.8 Å². The number of nitrogens with one attached hydrogen (secondary N) is 1. The summed E-state index contributed by atoms with van der Waals surface area (Å²) in [5.41, 5.74) is 0. The predicted molar refractivity (Wildman–Crippen MR) is 66.3 cm³/mol. The molecule has 0 spiro atoms. The van der Waals surface area contributed by atoms with Crippen molar-refractivity contribution < 1.29 is 18.3 Å². The number of rotatable bonds is 6. The van der Waals surface area contributed by atoms with E-state index >= 15 is 0 Å². The van der Waals surface area contributed by atoms with Crippen LogP contribution < -0.4 is 4.72 Å². The molecule has 2 N–H and O–H groups in total. The smallest absolute Gasteiger partial charge is 0.214 e. The molecule has 0 aromatic rings. The van der Waals surface area contributed by atoms with E-state index in [1.54, 1.807) is 0 Å². The molecule has 0 atom stereocenters. The van der Waals surface area contributed by atoms with Crippen LogP contribution >= 0.6 is 0 Å². The Hall–Kier alpha value is -0.170. The number of aliphatic hydroxyl groups excluding tert-OH is 1. The molecular weight excluding hydrogens is 242 g/mol. The fourth-order valence-electron chi connectivity index (χ4n) is 1.90. The van der Waals surface area contributed by atoms with Crippen LogP contribution in [0.25, 0.3) is 0 Å². The normalized spacial score (nSPS) is 26.4. The van der Waals surface area contributed by atoms with Crippen LogP contribution in [0.15, 0.2) is 0 Å². The number of sulfonamides is 1. The van der Waals surface area contributed by atoms with Gasteiger partial charge in [-0.15, -0.1) is 0 Å². The molecule has 5 nitrogen and oxygen atoms in total. The molecule has 1 aliphatic carbocycles. The molecule has 1 rings (SSSR count). The van der Waals surface area contributed by atoms with Gasteiger partial charge >= 0.3 is 0 Å². The first-order chi connectivity index (χ1) is 7.89. The van der Waals surface area contributed by atoms with Crippen molar-refractivity contribution in [3.8, 4) is 0 Å². The third-order valence-electron chi connectivity index (χ3n) is 2.85. The average Bonchev–Trinajstić information content (AvgIpc) is 2.20. The first-order valence-electron chi connectivity index (χ1n) is 6.19. The van der Waals surface area contributed by atoms with Crippen LogP contribution in [0.2, 0.25) is 0 Å². The Morgan fingerprint density at radius 2 is 1.88 bits per heavy atom. The summed E-state index contributed by atoms with van der Waals surface area (Å²) in [6.07, 6.45) is 2.57. The molecule has 0 amide bonds. The Bertz CT molecular complexity index is 307. The molecule has 102 valence electrons. The lowest BCUT2D eigenvalue weighted by atomic mass is 9.94. The maximum Gasteiger partial charge on any atom is 0.214 e. The van der Waals surface area contributed by atoms with Crippen molar-refractivity contribution in [1.82, 2.24) is 4.72 Å². The largest absolute Gasteiger partial charge is 0.393 e. The van der Waals surface area contributed by atoms with Crippen molar-refractivity contribution in [2.75, 3.05) is 12.4 Å². The molecule has 1 fully saturated rings. The monoisotopic (exact) mass is 265 g/mol. The SMILES string of the molecule is CC(C)OCCS(=O)(=O)NC1CCC(O)CC1. The molecule has 1 saturated carbocycles. The zero-order valence-electron chi connectivity index (χ0n) is 10.6. The van der Waals surface area contributed by atoms with Crippen molar-refractivity contribution in [3.63, 3.8) is 0 Å². The quantitative estimate of drug-likeness (QED) is 0.739. The highest BCUT2D eigenvalue weighted by Crippen LogP contribution is 2.18. The van der Waals surface area contributed by atoms with E-state index in [-0.39, 0.29) is 30.6 Å². The number of hydrogen-bond donors (Lipinski definition) is 2. The van der Waals surface area contributed by atoms with Gasteiger partial charge in [-0.2, -0.15) is 0 Å². The standard InChI is InChI=1S/C11H23NO4S/c1-9(2)16-7-8-17(14,15)12-10-3-5-11(13)6-4-10/h9-13H,3-8H2,1-2H3. The van der Waals surface area contributed by atoms with Gasteiger partial charge in [0.1, 0.15) is 0 Å². The Morgan fingerprint density at radius 3 is 2.41 bits per heavy atom. The van der Waals surface area contributed by atoms with Crippen molar-refractivity contribution >= 4 is 10.0 Å². The van der Waals surface area contributed by atoms with E-state index in [2.05, 4.69) is 4.72 Å². The average molecular weight is 265 g/mol. The highest BCUT2D eigenvalue weighted by atomic mass is 32.2. The second kappa shape index (κ2) is 6.68. The number of ether oxygens (including phenoxy) is 1. The van der Waals surface area contributed by atoms with Crippen molar-refractivity contribution in [3.05, 3.63) is 0 Å². The van der Waals surface area contributed by atoms with Gasteiger partial charge in [-0.05, 0) is 39.5 Å². The third-order valence-corrected chi connectivity index (χ3v) is 4.24. The van der Waals surface area contributed by atoms with Crippen LogP contribution in [0.1, 0.15) is 39.5 Å². The summed E-state index contributed by atoms with van der Waals surface area (Å²) in [5, 5.41) is 9.33. The molecule has 0 saturated heterocycles. The van der Waals surface area contributed by atoms with Gasteiger partial charge in [-0.25, -0.2) is 13.1 Å². The zero-order chi connectivity index (χ0) is 12.9.